The Morgan fingerprint density at radius 1 is 0.727 bits per heavy atom. The SMILES string of the molecule is C.CC.CCC.CCC.[B]C. The van der Waals surface area contributed by atoms with Gasteiger partial charge in [-0.3, -0.25) is 0 Å². The summed E-state index contributed by atoms with van der Waals surface area (Å²) in [6.45, 7) is 14.0. The van der Waals surface area contributed by atoms with Crippen LogP contribution >= 0.6 is 0 Å². The molecule has 0 aromatic heterocycles. The zero-order chi connectivity index (χ0) is 9.41. The molecule has 0 unspecified atom stereocenters. The second kappa shape index (κ2) is 194. The predicted molar refractivity (Wildman–Crippen MR) is 61.6 cm³/mol. The summed E-state index contributed by atoms with van der Waals surface area (Å²) >= 11 is 0. The van der Waals surface area contributed by atoms with Crippen LogP contribution in [0.25, 0.3) is 0 Å². The van der Waals surface area contributed by atoms with Crippen molar-refractivity contribution in [1.29, 1.82) is 0 Å². The van der Waals surface area contributed by atoms with Gasteiger partial charge in [0.2, 0.25) is 0 Å². The Morgan fingerprint density at radius 3 is 0.727 bits per heavy atom. The molecule has 0 bridgehead atoms. The molecule has 0 aromatic rings. The molecule has 2 radical (unpaired) electrons. The average molecular weight is 160 g/mol. The predicted octanol–water partition coefficient (Wildman–Crippen LogP) is 4.70. The van der Waals surface area contributed by atoms with Crippen molar-refractivity contribution in [3.05, 3.63) is 0 Å². The van der Waals surface area contributed by atoms with E-state index in [4.69, 9.17) is 0 Å². The summed E-state index contributed by atoms with van der Waals surface area (Å²) in [4.78, 5) is 0. The third-order valence-electron chi connectivity index (χ3n) is 0. The molecule has 0 aromatic carbocycles. The van der Waals surface area contributed by atoms with Crippen molar-refractivity contribution >= 4 is 7.85 Å². The van der Waals surface area contributed by atoms with Crippen LogP contribution < -0.4 is 0 Å². The monoisotopic (exact) mass is 160 g/mol. The van der Waals surface area contributed by atoms with E-state index < -0.39 is 0 Å². The highest BCUT2D eigenvalue weighted by atomic mass is 13.4. The number of rotatable bonds is 0. The molecule has 0 aliphatic carbocycles. The normalized spacial score (nSPS) is 4.27. The van der Waals surface area contributed by atoms with Gasteiger partial charge in [0.25, 0.3) is 0 Å². The van der Waals surface area contributed by atoms with Crippen molar-refractivity contribution in [3.8, 4) is 0 Å². The van der Waals surface area contributed by atoms with Crippen molar-refractivity contribution in [3.63, 3.8) is 0 Å². The second-order valence-electron chi connectivity index (χ2n) is 1.41. The van der Waals surface area contributed by atoms with Crippen LogP contribution in [0.5, 0.6) is 0 Å². The van der Waals surface area contributed by atoms with E-state index in [-0.39, 0.29) is 7.43 Å². The van der Waals surface area contributed by atoms with Crippen molar-refractivity contribution in [2.24, 2.45) is 0 Å². The Kier molecular flexibility index (Phi) is 537. The highest BCUT2D eigenvalue weighted by Crippen LogP contribution is 1.56. The molecule has 11 heavy (non-hydrogen) atoms. The standard InChI is InChI=1S/2C3H8.C2H6.CH3B.CH4/c2*1-3-2;2*1-2;/h2*3H2,1-2H3;1-2H3;1H3;1H4. The van der Waals surface area contributed by atoms with Crippen LogP contribution in [0.15, 0.2) is 0 Å². The molecule has 0 amide bonds. The molecular formula is C10H29B. The second-order valence-corrected chi connectivity index (χ2v) is 1.41. The maximum absolute atomic E-state index is 4.50. The van der Waals surface area contributed by atoms with Crippen LogP contribution in [-0.2, 0) is 0 Å². The van der Waals surface area contributed by atoms with Crippen molar-refractivity contribution in [2.45, 2.75) is 68.6 Å². The van der Waals surface area contributed by atoms with Gasteiger partial charge in [-0.05, 0) is 0 Å². The fourth-order valence-electron chi connectivity index (χ4n) is 0. The summed E-state index contributed by atoms with van der Waals surface area (Å²) in [5, 5.41) is 0. The van der Waals surface area contributed by atoms with Gasteiger partial charge in [-0.25, -0.2) is 0 Å². The van der Waals surface area contributed by atoms with E-state index in [1.165, 1.54) is 19.7 Å². The first-order chi connectivity index (χ1) is 4.83. The van der Waals surface area contributed by atoms with E-state index in [0.29, 0.717) is 0 Å². The minimum atomic E-state index is 0. The van der Waals surface area contributed by atoms with Crippen LogP contribution in [0.2, 0.25) is 6.82 Å². The minimum Gasteiger partial charge on any atom is -0.0999 e. The third kappa shape index (κ3) is 155000. The lowest BCUT2D eigenvalue weighted by Gasteiger charge is -1.48. The summed E-state index contributed by atoms with van der Waals surface area (Å²) in [7, 11) is 4.50. The van der Waals surface area contributed by atoms with Gasteiger partial charge in [0, 0.05) is 0 Å². The van der Waals surface area contributed by atoms with Crippen LogP contribution in [-0.4, -0.2) is 7.85 Å². The highest BCUT2D eigenvalue weighted by Gasteiger charge is 1.36. The Labute approximate surface area is 77.2 Å². The van der Waals surface area contributed by atoms with Crippen LogP contribution in [0.4, 0.5) is 0 Å². The Morgan fingerprint density at radius 2 is 0.727 bits per heavy atom. The van der Waals surface area contributed by atoms with Gasteiger partial charge >= 0.3 is 0 Å². The maximum atomic E-state index is 4.50. The Balaban J connectivity index is -0.0000000144. The van der Waals surface area contributed by atoms with Gasteiger partial charge in [0.05, 0.1) is 7.85 Å². The molecule has 0 nitrogen and oxygen atoms in total. The highest BCUT2D eigenvalue weighted by molar-refractivity contribution is 6.05. The van der Waals surface area contributed by atoms with Gasteiger partial charge in [0.15, 0.2) is 0 Å². The molecule has 0 saturated carbocycles. The van der Waals surface area contributed by atoms with E-state index in [1.807, 2.05) is 13.8 Å². The largest absolute Gasteiger partial charge is 0.0999 e. The van der Waals surface area contributed by atoms with E-state index in [9.17, 15) is 0 Å². The van der Waals surface area contributed by atoms with Crippen molar-refractivity contribution in [1.82, 2.24) is 0 Å². The van der Waals surface area contributed by atoms with Crippen LogP contribution in [0, 0.1) is 0 Å². The first kappa shape index (κ1) is 30.5. The molecule has 0 aliphatic heterocycles. The smallest absolute Gasteiger partial charge is 0.0606 e. The maximum Gasteiger partial charge on any atom is 0.0606 e. The van der Waals surface area contributed by atoms with Gasteiger partial charge in [-0.2, -0.15) is 0 Å². The minimum absolute atomic E-state index is 0. The Bertz CT molecular complexity index is 6.83. The first-order valence-electron chi connectivity index (χ1n) is 4.41. The van der Waals surface area contributed by atoms with E-state index in [2.05, 4.69) is 35.5 Å². The van der Waals surface area contributed by atoms with Crippen molar-refractivity contribution < 1.29 is 0 Å². The van der Waals surface area contributed by atoms with Gasteiger partial charge in [-0.1, -0.05) is 68.6 Å². The molecule has 0 atom stereocenters. The number of hydrogen-bond acceptors (Lipinski definition) is 0. The van der Waals surface area contributed by atoms with Crippen LogP contribution in [0.1, 0.15) is 61.8 Å². The molecule has 72 valence electrons. The summed E-state index contributed by atoms with van der Waals surface area (Å²) in [5.74, 6) is 0. The molecular weight excluding hydrogens is 131 g/mol. The van der Waals surface area contributed by atoms with Crippen molar-refractivity contribution in [2.75, 3.05) is 0 Å². The third-order valence-corrected chi connectivity index (χ3v) is 0. The molecule has 0 spiro atoms. The lowest BCUT2D eigenvalue weighted by Crippen LogP contribution is -1.27. The number of hydrogen-bond donors (Lipinski definition) is 0. The first-order valence-corrected chi connectivity index (χ1v) is 4.41. The molecule has 0 heterocycles. The van der Waals surface area contributed by atoms with Crippen LogP contribution in [0.3, 0.4) is 0 Å². The quantitative estimate of drug-likeness (QED) is 0.450. The van der Waals surface area contributed by atoms with Gasteiger partial charge in [0.1, 0.15) is 0 Å². The van der Waals surface area contributed by atoms with E-state index in [0.717, 1.165) is 0 Å². The van der Waals surface area contributed by atoms with E-state index in [1.54, 1.807) is 0 Å². The van der Waals surface area contributed by atoms with Gasteiger partial charge < -0.3 is 0 Å². The molecule has 0 saturated heterocycles. The lowest BCUT2D eigenvalue weighted by atomic mass is 10.2. The molecule has 0 aliphatic rings. The fourth-order valence-corrected chi connectivity index (χ4v) is 0. The lowest BCUT2D eigenvalue weighted by molar-refractivity contribution is 1.09. The zero-order valence-corrected chi connectivity index (χ0v) is 8.99. The zero-order valence-electron chi connectivity index (χ0n) is 8.99. The summed E-state index contributed by atoms with van der Waals surface area (Å²) in [5.41, 5.74) is 0. The fraction of sp³-hybridized carbons (Fsp3) is 1.00. The molecule has 0 N–H and O–H groups in total. The summed E-state index contributed by atoms with van der Waals surface area (Å²) < 4.78 is 0. The molecule has 0 fully saturated rings. The topological polar surface area (TPSA) is 0 Å². The summed E-state index contributed by atoms with van der Waals surface area (Å²) in [6, 6.07) is 0. The summed E-state index contributed by atoms with van der Waals surface area (Å²) in [6.07, 6.45) is 2.50. The Hall–Kier alpha value is 0.0649. The van der Waals surface area contributed by atoms with E-state index >= 15 is 0 Å². The molecule has 0 rings (SSSR count). The molecule has 1 heteroatoms. The average Bonchev–Trinajstić information content (AvgIpc) is 1.99. The van der Waals surface area contributed by atoms with Gasteiger partial charge in [-0.15, -0.1) is 0 Å².